The van der Waals surface area contributed by atoms with Gasteiger partial charge in [0, 0.05) is 19.6 Å². The number of ether oxygens (including phenoxy) is 1. The maximum Gasteiger partial charge on any atom is 0.142 e. The number of nitrogens with zero attached hydrogens (tertiary/aromatic N) is 2. The molecule has 0 saturated carbocycles. The van der Waals surface area contributed by atoms with Crippen molar-refractivity contribution in [3.8, 4) is 5.75 Å². The summed E-state index contributed by atoms with van der Waals surface area (Å²) >= 11 is 0. The van der Waals surface area contributed by atoms with Gasteiger partial charge in [-0.05, 0) is 56.8 Å². The maximum absolute atomic E-state index is 5.61. The summed E-state index contributed by atoms with van der Waals surface area (Å²) in [4.78, 5) is 5.10. The van der Waals surface area contributed by atoms with E-state index in [9.17, 15) is 0 Å². The molecule has 0 amide bonds. The summed E-state index contributed by atoms with van der Waals surface area (Å²) in [7, 11) is 1.79. The van der Waals surface area contributed by atoms with Gasteiger partial charge in [-0.15, -0.1) is 0 Å². The molecular weight excluding hydrogens is 248 g/mol. The molecule has 2 fully saturated rings. The molecule has 110 valence electrons. The van der Waals surface area contributed by atoms with Gasteiger partial charge in [0.1, 0.15) is 5.75 Å². The first-order chi connectivity index (χ1) is 9.88. The molecule has 2 heterocycles. The molecule has 3 rings (SSSR count). The lowest BCUT2D eigenvalue weighted by atomic mass is 10.1. The molecule has 0 aromatic heterocycles. The van der Waals surface area contributed by atoms with Crippen LogP contribution in [0, 0.1) is 0 Å². The van der Waals surface area contributed by atoms with E-state index in [2.05, 4.69) is 28.0 Å². The molecular formula is C17H26N2O. The van der Waals surface area contributed by atoms with Crippen LogP contribution in [-0.4, -0.2) is 44.7 Å². The summed E-state index contributed by atoms with van der Waals surface area (Å²) in [5.74, 6) is 1.05. The van der Waals surface area contributed by atoms with Crippen molar-refractivity contribution in [1.82, 2.24) is 4.90 Å². The molecule has 2 aliphatic heterocycles. The SMILES string of the molecule is COc1cccc(CCN2CCCC2)c1N1CCCC1. The molecule has 3 heteroatoms. The monoisotopic (exact) mass is 274 g/mol. The summed E-state index contributed by atoms with van der Waals surface area (Å²) in [5.41, 5.74) is 2.81. The van der Waals surface area contributed by atoms with Gasteiger partial charge in [-0.25, -0.2) is 0 Å². The number of hydrogen-bond donors (Lipinski definition) is 0. The van der Waals surface area contributed by atoms with E-state index in [-0.39, 0.29) is 0 Å². The Bertz CT molecular complexity index is 435. The highest BCUT2D eigenvalue weighted by molar-refractivity contribution is 5.64. The Labute approximate surface area is 122 Å². The van der Waals surface area contributed by atoms with Crippen LogP contribution in [0.5, 0.6) is 5.75 Å². The van der Waals surface area contributed by atoms with E-state index < -0.39 is 0 Å². The number of methoxy groups -OCH3 is 1. The average Bonchev–Trinajstić information content (AvgIpc) is 3.17. The molecule has 0 radical (unpaired) electrons. The van der Waals surface area contributed by atoms with Gasteiger partial charge in [0.25, 0.3) is 0 Å². The Morgan fingerprint density at radius 2 is 1.70 bits per heavy atom. The van der Waals surface area contributed by atoms with Crippen LogP contribution in [0.4, 0.5) is 5.69 Å². The molecule has 1 aromatic rings. The van der Waals surface area contributed by atoms with E-state index in [1.165, 1.54) is 69.7 Å². The van der Waals surface area contributed by atoms with Gasteiger partial charge in [-0.3, -0.25) is 0 Å². The highest BCUT2D eigenvalue weighted by Crippen LogP contribution is 2.34. The summed E-state index contributed by atoms with van der Waals surface area (Å²) in [6.07, 6.45) is 6.50. The predicted molar refractivity (Wildman–Crippen MR) is 83.8 cm³/mol. The fourth-order valence-electron chi connectivity index (χ4n) is 3.52. The molecule has 2 aliphatic rings. The van der Waals surface area contributed by atoms with Crippen molar-refractivity contribution in [2.75, 3.05) is 44.7 Å². The number of rotatable bonds is 5. The van der Waals surface area contributed by atoms with Crippen molar-refractivity contribution in [1.29, 1.82) is 0 Å². The summed E-state index contributed by atoms with van der Waals surface area (Å²) in [6.45, 7) is 6.11. The Kier molecular flexibility index (Phi) is 4.46. The maximum atomic E-state index is 5.61. The Morgan fingerprint density at radius 3 is 2.40 bits per heavy atom. The van der Waals surface area contributed by atoms with E-state index in [4.69, 9.17) is 4.74 Å². The zero-order valence-corrected chi connectivity index (χ0v) is 12.6. The van der Waals surface area contributed by atoms with Crippen LogP contribution in [0.15, 0.2) is 18.2 Å². The number of anilines is 1. The summed E-state index contributed by atoms with van der Waals surface area (Å²) in [6, 6.07) is 6.52. The van der Waals surface area contributed by atoms with Crippen LogP contribution in [0.3, 0.4) is 0 Å². The predicted octanol–water partition coefficient (Wildman–Crippen LogP) is 2.93. The van der Waals surface area contributed by atoms with Crippen molar-refractivity contribution in [2.24, 2.45) is 0 Å². The number of para-hydroxylation sites is 1. The van der Waals surface area contributed by atoms with Crippen LogP contribution in [0.25, 0.3) is 0 Å². The van der Waals surface area contributed by atoms with Crippen molar-refractivity contribution in [3.05, 3.63) is 23.8 Å². The zero-order valence-electron chi connectivity index (χ0n) is 12.6. The second-order valence-electron chi connectivity index (χ2n) is 5.96. The number of benzene rings is 1. The minimum absolute atomic E-state index is 1.05. The Hall–Kier alpha value is -1.22. The normalized spacial score (nSPS) is 19.8. The third-order valence-electron chi connectivity index (χ3n) is 4.62. The number of hydrogen-bond acceptors (Lipinski definition) is 3. The molecule has 3 nitrogen and oxygen atoms in total. The topological polar surface area (TPSA) is 15.7 Å². The second kappa shape index (κ2) is 6.49. The number of likely N-dealkylation sites (tertiary alicyclic amines) is 1. The molecule has 20 heavy (non-hydrogen) atoms. The first kappa shape index (κ1) is 13.7. The van der Waals surface area contributed by atoms with Crippen LogP contribution in [0.2, 0.25) is 0 Å². The first-order valence-electron chi connectivity index (χ1n) is 8.01. The molecule has 0 unspecified atom stereocenters. The van der Waals surface area contributed by atoms with Gasteiger partial charge in [0.05, 0.1) is 12.8 Å². The standard InChI is InChI=1S/C17H26N2O/c1-20-16-8-6-7-15(9-14-18-10-2-3-11-18)17(16)19-12-4-5-13-19/h6-8H,2-5,9-14H2,1H3. The highest BCUT2D eigenvalue weighted by atomic mass is 16.5. The lowest BCUT2D eigenvalue weighted by molar-refractivity contribution is 0.343. The Balaban J connectivity index is 1.77. The lowest BCUT2D eigenvalue weighted by Crippen LogP contribution is -2.24. The van der Waals surface area contributed by atoms with Crippen LogP contribution in [-0.2, 0) is 6.42 Å². The highest BCUT2D eigenvalue weighted by Gasteiger charge is 2.20. The third-order valence-corrected chi connectivity index (χ3v) is 4.62. The minimum Gasteiger partial charge on any atom is -0.495 e. The smallest absolute Gasteiger partial charge is 0.142 e. The molecule has 1 aromatic carbocycles. The fraction of sp³-hybridized carbons (Fsp3) is 0.647. The van der Waals surface area contributed by atoms with E-state index in [1.807, 2.05) is 0 Å². The van der Waals surface area contributed by atoms with Crippen LogP contribution >= 0.6 is 0 Å². The second-order valence-corrected chi connectivity index (χ2v) is 5.96. The lowest BCUT2D eigenvalue weighted by Gasteiger charge is -2.25. The van der Waals surface area contributed by atoms with Crippen LogP contribution < -0.4 is 9.64 Å². The van der Waals surface area contributed by atoms with Crippen molar-refractivity contribution < 1.29 is 4.74 Å². The molecule has 0 atom stereocenters. The van der Waals surface area contributed by atoms with Gasteiger partial charge in [-0.1, -0.05) is 12.1 Å². The largest absolute Gasteiger partial charge is 0.495 e. The van der Waals surface area contributed by atoms with E-state index in [0.717, 1.165) is 12.2 Å². The fourth-order valence-corrected chi connectivity index (χ4v) is 3.52. The Morgan fingerprint density at radius 1 is 1.00 bits per heavy atom. The quantitative estimate of drug-likeness (QED) is 0.821. The van der Waals surface area contributed by atoms with E-state index >= 15 is 0 Å². The van der Waals surface area contributed by atoms with Gasteiger partial charge < -0.3 is 14.5 Å². The summed E-state index contributed by atoms with van der Waals surface area (Å²) in [5, 5.41) is 0. The van der Waals surface area contributed by atoms with E-state index in [1.54, 1.807) is 7.11 Å². The molecule has 0 bridgehead atoms. The molecule has 0 N–H and O–H groups in total. The third kappa shape index (κ3) is 2.93. The summed E-state index contributed by atoms with van der Waals surface area (Å²) < 4.78 is 5.61. The average molecular weight is 274 g/mol. The van der Waals surface area contributed by atoms with Gasteiger partial charge in [0.2, 0.25) is 0 Å². The van der Waals surface area contributed by atoms with E-state index in [0.29, 0.717) is 0 Å². The van der Waals surface area contributed by atoms with Crippen molar-refractivity contribution >= 4 is 5.69 Å². The minimum atomic E-state index is 1.05. The van der Waals surface area contributed by atoms with Gasteiger partial charge in [-0.2, -0.15) is 0 Å². The molecule has 0 aliphatic carbocycles. The van der Waals surface area contributed by atoms with Crippen LogP contribution in [0.1, 0.15) is 31.2 Å². The zero-order chi connectivity index (χ0) is 13.8. The van der Waals surface area contributed by atoms with Gasteiger partial charge in [0.15, 0.2) is 0 Å². The first-order valence-corrected chi connectivity index (χ1v) is 8.01. The molecule has 2 saturated heterocycles. The van der Waals surface area contributed by atoms with Gasteiger partial charge >= 0.3 is 0 Å². The molecule has 0 spiro atoms. The van der Waals surface area contributed by atoms with Crippen molar-refractivity contribution in [2.45, 2.75) is 32.1 Å². The van der Waals surface area contributed by atoms with Crippen molar-refractivity contribution in [3.63, 3.8) is 0 Å².